The molecule has 1 heteroatoms. The molecule has 0 amide bonds. The van der Waals surface area contributed by atoms with Crippen LogP contribution in [0.15, 0.2) is 12.2 Å². The van der Waals surface area contributed by atoms with Crippen LogP contribution in [0.2, 0.25) is 0 Å². The van der Waals surface area contributed by atoms with Crippen LogP contribution in [0, 0.1) is 23.7 Å². The van der Waals surface area contributed by atoms with Crippen LogP contribution in [-0.2, 0) is 0 Å². The maximum absolute atomic E-state index is 5.85. The summed E-state index contributed by atoms with van der Waals surface area (Å²) in [6, 6.07) is 0.573. The van der Waals surface area contributed by atoms with Crippen LogP contribution in [0.25, 0.3) is 0 Å². The van der Waals surface area contributed by atoms with E-state index in [0.29, 0.717) is 6.04 Å². The van der Waals surface area contributed by atoms with Gasteiger partial charge in [0.2, 0.25) is 0 Å². The van der Waals surface area contributed by atoms with E-state index >= 15 is 0 Å². The van der Waals surface area contributed by atoms with Gasteiger partial charge in [-0.1, -0.05) is 12.2 Å². The van der Waals surface area contributed by atoms with Crippen molar-refractivity contribution in [2.45, 2.75) is 12.5 Å². The van der Waals surface area contributed by atoms with Crippen molar-refractivity contribution in [3.63, 3.8) is 0 Å². The first-order valence-electron chi connectivity index (χ1n) is 3.82. The van der Waals surface area contributed by atoms with Gasteiger partial charge in [-0.15, -0.1) is 0 Å². The number of allylic oxidation sites excluding steroid dienone is 2. The first-order valence-corrected chi connectivity index (χ1v) is 3.82. The van der Waals surface area contributed by atoms with E-state index in [1.165, 1.54) is 6.42 Å². The molecule has 2 saturated carbocycles. The lowest BCUT2D eigenvalue weighted by Crippen LogP contribution is -2.12. The van der Waals surface area contributed by atoms with Gasteiger partial charge < -0.3 is 5.73 Å². The molecule has 0 aliphatic heterocycles. The van der Waals surface area contributed by atoms with Gasteiger partial charge in [0, 0.05) is 6.04 Å². The zero-order valence-corrected chi connectivity index (χ0v) is 5.33. The molecule has 0 spiro atoms. The van der Waals surface area contributed by atoms with E-state index in [0.717, 1.165) is 23.7 Å². The second kappa shape index (κ2) is 1.10. The highest BCUT2D eigenvalue weighted by molar-refractivity contribution is 5.25. The molecule has 2 fully saturated rings. The van der Waals surface area contributed by atoms with Crippen molar-refractivity contribution in [3.8, 4) is 0 Å². The molecule has 4 atom stereocenters. The maximum atomic E-state index is 5.85. The first-order chi connectivity index (χ1) is 4.38. The molecule has 3 aliphatic rings. The van der Waals surface area contributed by atoms with E-state index in [9.17, 15) is 0 Å². The van der Waals surface area contributed by atoms with Crippen molar-refractivity contribution in [1.29, 1.82) is 0 Å². The molecule has 0 aromatic carbocycles. The predicted octanol–water partition coefficient (Wildman–Crippen LogP) is 0.766. The molecule has 1 nitrogen and oxygen atoms in total. The molecule has 3 rings (SSSR count). The topological polar surface area (TPSA) is 26.0 Å². The molecule has 0 radical (unpaired) electrons. The van der Waals surface area contributed by atoms with Crippen molar-refractivity contribution in [2.75, 3.05) is 0 Å². The predicted molar refractivity (Wildman–Crippen MR) is 35.7 cm³/mol. The zero-order valence-electron chi connectivity index (χ0n) is 5.33. The minimum absolute atomic E-state index is 0.573. The largest absolute Gasteiger partial charge is 0.327 e. The van der Waals surface area contributed by atoms with Crippen LogP contribution in [-0.4, -0.2) is 6.04 Å². The third-order valence-electron chi connectivity index (χ3n) is 3.33. The summed E-state index contributed by atoms with van der Waals surface area (Å²) in [5, 5.41) is 0. The number of nitrogens with two attached hydrogens (primary N) is 1. The van der Waals surface area contributed by atoms with Crippen molar-refractivity contribution < 1.29 is 0 Å². The minimum Gasteiger partial charge on any atom is -0.327 e. The van der Waals surface area contributed by atoms with Gasteiger partial charge in [0.25, 0.3) is 0 Å². The minimum atomic E-state index is 0.573. The number of hydrogen-bond acceptors (Lipinski definition) is 1. The van der Waals surface area contributed by atoms with Gasteiger partial charge in [-0.25, -0.2) is 0 Å². The second-order valence-electron chi connectivity index (χ2n) is 3.68. The lowest BCUT2D eigenvalue weighted by Gasteiger charge is -2.02. The van der Waals surface area contributed by atoms with Gasteiger partial charge >= 0.3 is 0 Å². The SMILES string of the molecule is NC1C2C3C=CC(C3)C12. The Kier molecular flexibility index (Phi) is 0.552. The van der Waals surface area contributed by atoms with Gasteiger partial charge in [0.15, 0.2) is 0 Å². The summed E-state index contributed by atoms with van der Waals surface area (Å²) in [4.78, 5) is 0. The molecule has 0 aromatic rings. The Balaban J connectivity index is 2.03. The summed E-state index contributed by atoms with van der Waals surface area (Å²) >= 11 is 0. The molecule has 3 aliphatic carbocycles. The van der Waals surface area contributed by atoms with Crippen molar-refractivity contribution in [2.24, 2.45) is 29.4 Å². The third-order valence-corrected chi connectivity index (χ3v) is 3.33. The average molecular weight is 121 g/mol. The normalized spacial score (nSPS) is 66.6. The number of hydrogen-bond donors (Lipinski definition) is 1. The quantitative estimate of drug-likeness (QED) is 0.470. The lowest BCUT2D eigenvalue weighted by molar-refractivity contribution is 0.540. The molecule has 2 bridgehead atoms. The third kappa shape index (κ3) is 0.351. The average Bonchev–Trinajstić information content (AvgIpc) is 2.29. The van der Waals surface area contributed by atoms with Crippen LogP contribution in [0.1, 0.15) is 6.42 Å². The first kappa shape index (κ1) is 4.51. The van der Waals surface area contributed by atoms with E-state index in [-0.39, 0.29) is 0 Å². The fourth-order valence-corrected chi connectivity index (χ4v) is 2.85. The van der Waals surface area contributed by atoms with E-state index in [1.807, 2.05) is 0 Å². The standard InChI is InChI=1S/C8H11N/c9-8-6-4-1-2-5(3-4)7(6)8/h1-2,4-8H,3,9H2. The summed E-state index contributed by atoms with van der Waals surface area (Å²) in [5.41, 5.74) is 5.85. The van der Waals surface area contributed by atoms with E-state index in [2.05, 4.69) is 12.2 Å². The Morgan fingerprint density at radius 3 is 2.11 bits per heavy atom. The molecular formula is C8H11N. The van der Waals surface area contributed by atoms with E-state index < -0.39 is 0 Å². The summed E-state index contributed by atoms with van der Waals surface area (Å²) in [5.74, 6) is 3.57. The van der Waals surface area contributed by atoms with E-state index in [4.69, 9.17) is 5.73 Å². The summed E-state index contributed by atoms with van der Waals surface area (Å²) < 4.78 is 0. The van der Waals surface area contributed by atoms with Crippen LogP contribution in [0.4, 0.5) is 0 Å². The number of rotatable bonds is 0. The fraction of sp³-hybridized carbons (Fsp3) is 0.750. The van der Waals surface area contributed by atoms with Crippen molar-refractivity contribution in [3.05, 3.63) is 12.2 Å². The molecule has 0 aromatic heterocycles. The monoisotopic (exact) mass is 121 g/mol. The van der Waals surface area contributed by atoms with Crippen molar-refractivity contribution in [1.82, 2.24) is 0 Å². The zero-order chi connectivity index (χ0) is 6.01. The molecule has 0 heterocycles. The fourth-order valence-electron chi connectivity index (χ4n) is 2.85. The highest BCUT2D eigenvalue weighted by atomic mass is 14.8. The Hall–Kier alpha value is -0.300. The Bertz CT molecular complexity index is 167. The van der Waals surface area contributed by atoms with Crippen LogP contribution in [0.3, 0.4) is 0 Å². The van der Waals surface area contributed by atoms with Gasteiger partial charge in [-0.3, -0.25) is 0 Å². The lowest BCUT2D eigenvalue weighted by atomic mass is 10.1. The highest BCUT2D eigenvalue weighted by Crippen LogP contribution is 2.61. The summed E-state index contributed by atoms with van der Waals surface area (Å²) in [6.07, 6.45) is 6.17. The second-order valence-corrected chi connectivity index (χ2v) is 3.68. The highest BCUT2D eigenvalue weighted by Gasteiger charge is 2.61. The Labute approximate surface area is 54.9 Å². The summed E-state index contributed by atoms with van der Waals surface area (Å²) in [6.45, 7) is 0. The van der Waals surface area contributed by atoms with Gasteiger partial charge in [-0.05, 0) is 30.1 Å². The van der Waals surface area contributed by atoms with Gasteiger partial charge in [0.05, 0.1) is 0 Å². The van der Waals surface area contributed by atoms with Crippen LogP contribution < -0.4 is 5.73 Å². The van der Waals surface area contributed by atoms with Crippen LogP contribution in [0.5, 0.6) is 0 Å². The molecule has 48 valence electrons. The molecular weight excluding hydrogens is 110 g/mol. The Morgan fingerprint density at radius 1 is 1.11 bits per heavy atom. The van der Waals surface area contributed by atoms with Crippen LogP contribution >= 0.6 is 0 Å². The van der Waals surface area contributed by atoms with E-state index in [1.54, 1.807) is 0 Å². The van der Waals surface area contributed by atoms with Crippen molar-refractivity contribution >= 4 is 0 Å². The molecule has 2 N–H and O–H groups in total. The van der Waals surface area contributed by atoms with Gasteiger partial charge in [0.1, 0.15) is 0 Å². The molecule has 0 saturated heterocycles. The Morgan fingerprint density at radius 2 is 1.67 bits per heavy atom. The molecule has 9 heavy (non-hydrogen) atoms. The summed E-state index contributed by atoms with van der Waals surface area (Å²) in [7, 11) is 0. The van der Waals surface area contributed by atoms with Gasteiger partial charge in [-0.2, -0.15) is 0 Å². The maximum Gasteiger partial charge on any atom is 0.0114 e. The smallest absolute Gasteiger partial charge is 0.0114 e. The molecule has 4 unspecified atom stereocenters. The number of fused-ring (bicyclic) bond motifs is 5.